The Labute approximate surface area is 116 Å². The number of aromatic nitrogens is 1. The first-order valence-corrected chi connectivity index (χ1v) is 6.40. The first-order valence-electron chi connectivity index (χ1n) is 6.03. The number of oxazole rings is 1. The molecule has 3 aromatic rings. The van der Waals surface area contributed by atoms with Crippen LogP contribution in [-0.2, 0) is 0 Å². The Morgan fingerprint density at radius 3 is 2.26 bits per heavy atom. The number of hydrogen-bond acceptors (Lipinski definition) is 2. The molecule has 19 heavy (non-hydrogen) atoms. The van der Waals surface area contributed by atoms with E-state index in [2.05, 4.69) is 4.98 Å². The quantitative estimate of drug-likeness (QED) is 0.656. The highest BCUT2D eigenvalue weighted by Crippen LogP contribution is 2.28. The standard InChI is InChI=1S/C16H12ClNO/c1-11-15(12-7-9-14(17)10-8-12)18-16(19-11)13-5-3-2-4-6-13/h2-10H,1H3. The molecule has 0 radical (unpaired) electrons. The minimum atomic E-state index is 0.642. The van der Waals surface area contributed by atoms with Crippen LogP contribution >= 0.6 is 11.6 Å². The van der Waals surface area contributed by atoms with Crippen LogP contribution in [0.5, 0.6) is 0 Å². The van der Waals surface area contributed by atoms with Gasteiger partial charge in [-0.2, -0.15) is 0 Å². The normalized spacial score (nSPS) is 10.6. The second-order valence-corrected chi connectivity index (χ2v) is 4.73. The molecule has 0 saturated carbocycles. The van der Waals surface area contributed by atoms with E-state index >= 15 is 0 Å². The molecule has 0 atom stereocenters. The molecule has 0 aliphatic heterocycles. The topological polar surface area (TPSA) is 26.0 Å². The van der Waals surface area contributed by atoms with Crippen LogP contribution in [0.2, 0.25) is 5.02 Å². The van der Waals surface area contributed by atoms with Crippen molar-refractivity contribution in [1.82, 2.24) is 4.98 Å². The van der Waals surface area contributed by atoms with E-state index in [1.807, 2.05) is 61.5 Å². The summed E-state index contributed by atoms with van der Waals surface area (Å²) in [5, 5.41) is 0.716. The van der Waals surface area contributed by atoms with Gasteiger partial charge < -0.3 is 4.42 Å². The van der Waals surface area contributed by atoms with Crippen molar-refractivity contribution in [3.05, 3.63) is 65.4 Å². The van der Waals surface area contributed by atoms with E-state index in [0.29, 0.717) is 10.9 Å². The van der Waals surface area contributed by atoms with Crippen molar-refractivity contribution in [1.29, 1.82) is 0 Å². The van der Waals surface area contributed by atoms with Gasteiger partial charge in [0.2, 0.25) is 5.89 Å². The molecule has 0 saturated heterocycles. The lowest BCUT2D eigenvalue weighted by atomic mass is 10.1. The van der Waals surface area contributed by atoms with Gasteiger partial charge in [0.25, 0.3) is 0 Å². The Balaban J connectivity index is 2.05. The van der Waals surface area contributed by atoms with Crippen LogP contribution in [0.1, 0.15) is 5.76 Å². The fourth-order valence-electron chi connectivity index (χ4n) is 1.98. The number of halogens is 1. The summed E-state index contributed by atoms with van der Waals surface area (Å²) in [7, 11) is 0. The third-order valence-corrected chi connectivity index (χ3v) is 3.19. The highest BCUT2D eigenvalue weighted by Gasteiger charge is 2.12. The van der Waals surface area contributed by atoms with Gasteiger partial charge in [-0.15, -0.1) is 0 Å². The van der Waals surface area contributed by atoms with E-state index in [4.69, 9.17) is 16.0 Å². The molecule has 2 nitrogen and oxygen atoms in total. The number of aryl methyl sites for hydroxylation is 1. The maximum absolute atomic E-state index is 5.90. The minimum absolute atomic E-state index is 0.642. The van der Waals surface area contributed by atoms with Crippen molar-refractivity contribution in [2.24, 2.45) is 0 Å². The molecule has 0 aliphatic rings. The lowest BCUT2D eigenvalue weighted by molar-refractivity contribution is 0.543. The second kappa shape index (κ2) is 4.90. The average Bonchev–Trinajstić information content (AvgIpc) is 2.83. The largest absolute Gasteiger partial charge is 0.441 e. The van der Waals surface area contributed by atoms with Gasteiger partial charge in [-0.05, 0) is 31.2 Å². The lowest BCUT2D eigenvalue weighted by Gasteiger charge is -1.96. The van der Waals surface area contributed by atoms with E-state index in [0.717, 1.165) is 22.6 Å². The second-order valence-electron chi connectivity index (χ2n) is 4.30. The lowest BCUT2D eigenvalue weighted by Crippen LogP contribution is -1.81. The van der Waals surface area contributed by atoms with Gasteiger partial charge in [0.1, 0.15) is 11.5 Å². The summed E-state index contributed by atoms with van der Waals surface area (Å²) in [5.74, 6) is 1.45. The summed E-state index contributed by atoms with van der Waals surface area (Å²) < 4.78 is 5.74. The summed E-state index contributed by atoms with van der Waals surface area (Å²) in [5.41, 5.74) is 2.84. The Bertz CT molecular complexity index is 687. The van der Waals surface area contributed by atoms with Gasteiger partial charge in [0.05, 0.1) is 0 Å². The van der Waals surface area contributed by atoms with E-state index in [1.54, 1.807) is 0 Å². The molecule has 3 heteroatoms. The molecular formula is C16H12ClNO. The summed E-state index contributed by atoms with van der Waals surface area (Å²) >= 11 is 5.90. The molecular weight excluding hydrogens is 258 g/mol. The highest BCUT2D eigenvalue weighted by atomic mass is 35.5. The zero-order chi connectivity index (χ0) is 13.2. The summed E-state index contributed by atoms with van der Waals surface area (Å²) in [6.07, 6.45) is 0. The SMILES string of the molecule is Cc1oc(-c2ccccc2)nc1-c1ccc(Cl)cc1. The Morgan fingerprint density at radius 2 is 1.58 bits per heavy atom. The molecule has 1 heterocycles. The van der Waals surface area contributed by atoms with Gasteiger partial charge in [0.15, 0.2) is 0 Å². The average molecular weight is 270 g/mol. The number of hydrogen-bond donors (Lipinski definition) is 0. The van der Waals surface area contributed by atoms with E-state index in [1.165, 1.54) is 0 Å². The molecule has 0 amide bonds. The first-order chi connectivity index (χ1) is 9.24. The van der Waals surface area contributed by atoms with Crippen LogP contribution in [-0.4, -0.2) is 4.98 Å². The number of nitrogens with zero attached hydrogens (tertiary/aromatic N) is 1. The molecule has 0 unspecified atom stereocenters. The number of rotatable bonds is 2. The Hall–Kier alpha value is -2.06. The van der Waals surface area contributed by atoms with Crippen molar-refractivity contribution in [2.45, 2.75) is 6.92 Å². The van der Waals surface area contributed by atoms with Crippen LogP contribution in [0.3, 0.4) is 0 Å². The van der Waals surface area contributed by atoms with Gasteiger partial charge in [-0.25, -0.2) is 4.98 Å². The number of benzene rings is 2. The predicted molar refractivity (Wildman–Crippen MR) is 77.1 cm³/mol. The van der Waals surface area contributed by atoms with Crippen molar-refractivity contribution in [3.8, 4) is 22.7 Å². The smallest absolute Gasteiger partial charge is 0.226 e. The minimum Gasteiger partial charge on any atom is -0.441 e. The summed E-state index contributed by atoms with van der Waals surface area (Å²) in [6.45, 7) is 1.92. The summed E-state index contributed by atoms with van der Waals surface area (Å²) in [4.78, 5) is 4.57. The van der Waals surface area contributed by atoms with Crippen LogP contribution in [0, 0.1) is 6.92 Å². The van der Waals surface area contributed by atoms with Crippen molar-refractivity contribution < 1.29 is 4.42 Å². The maximum Gasteiger partial charge on any atom is 0.226 e. The van der Waals surface area contributed by atoms with Crippen molar-refractivity contribution >= 4 is 11.6 Å². The van der Waals surface area contributed by atoms with Crippen LogP contribution < -0.4 is 0 Å². The first kappa shape index (κ1) is 12.0. The fourth-order valence-corrected chi connectivity index (χ4v) is 2.10. The van der Waals surface area contributed by atoms with Crippen LogP contribution in [0.4, 0.5) is 0 Å². The van der Waals surface area contributed by atoms with Gasteiger partial charge in [0, 0.05) is 16.1 Å². The third-order valence-electron chi connectivity index (χ3n) is 2.93. The Morgan fingerprint density at radius 1 is 0.895 bits per heavy atom. The van der Waals surface area contributed by atoms with Crippen molar-refractivity contribution in [3.63, 3.8) is 0 Å². The Kier molecular flexibility index (Phi) is 3.10. The molecule has 2 aromatic carbocycles. The van der Waals surface area contributed by atoms with Crippen molar-refractivity contribution in [2.75, 3.05) is 0 Å². The molecule has 1 aromatic heterocycles. The predicted octanol–water partition coefficient (Wildman–Crippen LogP) is 4.97. The molecule has 0 fully saturated rings. The molecule has 0 bridgehead atoms. The third kappa shape index (κ3) is 2.40. The van der Waals surface area contributed by atoms with Gasteiger partial charge in [-0.3, -0.25) is 0 Å². The molecule has 3 rings (SSSR count). The van der Waals surface area contributed by atoms with Crippen LogP contribution in [0.25, 0.3) is 22.7 Å². The molecule has 94 valence electrons. The molecule has 0 N–H and O–H groups in total. The maximum atomic E-state index is 5.90. The zero-order valence-corrected chi connectivity index (χ0v) is 11.2. The van der Waals surface area contributed by atoms with E-state index in [-0.39, 0.29) is 0 Å². The summed E-state index contributed by atoms with van der Waals surface area (Å²) in [6, 6.07) is 17.5. The molecule has 0 aliphatic carbocycles. The van der Waals surface area contributed by atoms with Gasteiger partial charge in [-0.1, -0.05) is 41.9 Å². The van der Waals surface area contributed by atoms with E-state index in [9.17, 15) is 0 Å². The monoisotopic (exact) mass is 269 g/mol. The fraction of sp³-hybridized carbons (Fsp3) is 0.0625. The van der Waals surface area contributed by atoms with Gasteiger partial charge >= 0.3 is 0 Å². The van der Waals surface area contributed by atoms with Crippen LogP contribution in [0.15, 0.2) is 59.0 Å². The van der Waals surface area contributed by atoms with E-state index < -0.39 is 0 Å². The molecule has 0 spiro atoms. The highest BCUT2D eigenvalue weighted by molar-refractivity contribution is 6.30. The zero-order valence-electron chi connectivity index (χ0n) is 10.4.